The van der Waals surface area contributed by atoms with Gasteiger partial charge in [0.1, 0.15) is 5.69 Å². The largest absolute Gasteiger partial charge is 0.391 e. The van der Waals surface area contributed by atoms with Crippen LogP contribution in [0.3, 0.4) is 0 Å². The van der Waals surface area contributed by atoms with Crippen molar-refractivity contribution in [2.24, 2.45) is 5.92 Å². The summed E-state index contributed by atoms with van der Waals surface area (Å²) < 4.78 is 1.68. The van der Waals surface area contributed by atoms with Crippen LogP contribution in [0.5, 0.6) is 0 Å². The summed E-state index contributed by atoms with van der Waals surface area (Å²) in [6.45, 7) is 4.29. The molecule has 0 aliphatic heterocycles. The zero-order valence-electron chi connectivity index (χ0n) is 11.1. The van der Waals surface area contributed by atoms with Crippen LogP contribution in [0.15, 0.2) is 24.7 Å². The summed E-state index contributed by atoms with van der Waals surface area (Å²) in [7, 11) is 0. The standard InChI is InChI=1S/C13H18N4O2/c1-9(2)6-10(18)7-15-12(19)11-8-17-5-3-4-14-13(17)16-11/h3-5,8-10,18H,6-7H2,1-2H3,(H,15,19). The molecule has 2 aromatic rings. The van der Waals surface area contributed by atoms with E-state index in [1.165, 1.54) is 0 Å². The van der Waals surface area contributed by atoms with Crippen LogP contribution < -0.4 is 5.32 Å². The number of nitrogens with zero attached hydrogens (tertiary/aromatic N) is 3. The fraction of sp³-hybridized carbons (Fsp3) is 0.462. The van der Waals surface area contributed by atoms with E-state index in [1.807, 2.05) is 13.8 Å². The quantitative estimate of drug-likeness (QED) is 0.837. The van der Waals surface area contributed by atoms with Gasteiger partial charge >= 0.3 is 0 Å². The van der Waals surface area contributed by atoms with Gasteiger partial charge in [0.2, 0.25) is 5.78 Å². The Kier molecular flexibility index (Phi) is 4.11. The van der Waals surface area contributed by atoms with Crippen molar-refractivity contribution in [3.63, 3.8) is 0 Å². The van der Waals surface area contributed by atoms with E-state index in [-0.39, 0.29) is 12.5 Å². The molecule has 6 nitrogen and oxygen atoms in total. The highest BCUT2D eigenvalue weighted by atomic mass is 16.3. The van der Waals surface area contributed by atoms with E-state index in [0.717, 1.165) is 0 Å². The van der Waals surface area contributed by atoms with Gasteiger partial charge < -0.3 is 10.4 Å². The van der Waals surface area contributed by atoms with Gasteiger partial charge in [-0.25, -0.2) is 9.97 Å². The lowest BCUT2D eigenvalue weighted by molar-refractivity contribution is 0.0896. The van der Waals surface area contributed by atoms with Crippen LogP contribution >= 0.6 is 0 Å². The Morgan fingerprint density at radius 2 is 2.32 bits per heavy atom. The van der Waals surface area contributed by atoms with Crippen LogP contribution in [0.25, 0.3) is 5.78 Å². The number of aliphatic hydroxyl groups excluding tert-OH is 1. The minimum Gasteiger partial charge on any atom is -0.391 e. The van der Waals surface area contributed by atoms with E-state index >= 15 is 0 Å². The number of fused-ring (bicyclic) bond motifs is 1. The van der Waals surface area contributed by atoms with Gasteiger partial charge in [0.05, 0.1) is 6.10 Å². The highest BCUT2D eigenvalue weighted by Crippen LogP contribution is 2.04. The van der Waals surface area contributed by atoms with Crippen LogP contribution in [-0.4, -0.2) is 38.0 Å². The molecule has 0 spiro atoms. The Bertz CT molecular complexity index is 532. The molecule has 2 heterocycles. The second kappa shape index (κ2) is 5.79. The molecule has 0 bridgehead atoms. The number of carbonyl (C=O) groups is 1. The lowest BCUT2D eigenvalue weighted by atomic mass is 10.1. The average Bonchev–Trinajstić information content (AvgIpc) is 2.78. The summed E-state index contributed by atoms with van der Waals surface area (Å²) in [5.41, 5.74) is 0.301. The molecule has 0 aromatic carbocycles. The number of hydrogen-bond donors (Lipinski definition) is 2. The second-order valence-electron chi connectivity index (χ2n) is 4.95. The first-order chi connectivity index (χ1) is 9.06. The first-order valence-electron chi connectivity index (χ1n) is 6.32. The number of nitrogens with one attached hydrogen (secondary N) is 1. The Morgan fingerprint density at radius 3 is 3.00 bits per heavy atom. The first-order valence-corrected chi connectivity index (χ1v) is 6.32. The molecular weight excluding hydrogens is 244 g/mol. The van der Waals surface area contributed by atoms with E-state index in [9.17, 15) is 9.90 Å². The smallest absolute Gasteiger partial charge is 0.271 e. The van der Waals surface area contributed by atoms with E-state index in [4.69, 9.17) is 0 Å². The molecule has 2 N–H and O–H groups in total. The number of hydrogen-bond acceptors (Lipinski definition) is 4. The first kappa shape index (κ1) is 13.5. The van der Waals surface area contributed by atoms with Crippen molar-refractivity contribution >= 4 is 11.7 Å². The molecule has 1 atom stereocenters. The number of amides is 1. The van der Waals surface area contributed by atoms with Gasteiger partial charge in [0, 0.05) is 25.1 Å². The minimum absolute atomic E-state index is 0.234. The summed E-state index contributed by atoms with van der Waals surface area (Å²) in [5, 5.41) is 12.4. The van der Waals surface area contributed by atoms with Gasteiger partial charge in [0.25, 0.3) is 5.91 Å². The molecule has 0 radical (unpaired) electrons. The monoisotopic (exact) mass is 262 g/mol. The summed E-state index contributed by atoms with van der Waals surface area (Å²) in [6.07, 6.45) is 5.15. The van der Waals surface area contributed by atoms with Crippen LogP contribution in [0.4, 0.5) is 0 Å². The lowest BCUT2D eigenvalue weighted by Gasteiger charge is -2.13. The molecule has 102 valence electrons. The maximum Gasteiger partial charge on any atom is 0.271 e. The molecule has 0 aliphatic rings. The minimum atomic E-state index is -0.529. The van der Waals surface area contributed by atoms with Gasteiger partial charge in [-0.2, -0.15) is 0 Å². The molecule has 1 unspecified atom stereocenters. The Balaban J connectivity index is 1.96. The highest BCUT2D eigenvalue weighted by Gasteiger charge is 2.13. The molecular formula is C13H18N4O2. The van der Waals surface area contributed by atoms with Crippen LogP contribution in [-0.2, 0) is 0 Å². The number of carbonyl (C=O) groups excluding carboxylic acids is 1. The van der Waals surface area contributed by atoms with Crippen molar-refractivity contribution in [3.05, 3.63) is 30.4 Å². The van der Waals surface area contributed by atoms with Crippen molar-refractivity contribution in [2.75, 3.05) is 6.54 Å². The highest BCUT2D eigenvalue weighted by molar-refractivity contribution is 5.92. The van der Waals surface area contributed by atoms with Crippen molar-refractivity contribution in [2.45, 2.75) is 26.4 Å². The van der Waals surface area contributed by atoms with Crippen molar-refractivity contribution < 1.29 is 9.90 Å². The Morgan fingerprint density at radius 1 is 1.53 bits per heavy atom. The van der Waals surface area contributed by atoms with E-state index in [1.54, 1.807) is 29.1 Å². The molecule has 0 aliphatic carbocycles. The predicted molar refractivity (Wildman–Crippen MR) is 70.8 cm³/mol. The molecule has 2 rings (SSSR count). The normalized spacial score (nSPS) is 12.8. The van der Waals surface area contributed by atoms with Gasteiger partial charge in [-0.3, -0.25) is 9.20 Å². The summed E-state index contributed by atoms with van der Waals surface area (Å²) >= 11 is 0. The van der Waals surface area contributed by atoms with E-state index in [0.29, 0.717) is 23.8 Å². The topological polar surface area (TPSA) is 79.5 Å². The predicted octanol–water partition coefficient (Wildman–Crippen LogP) is 0.866. The molecule has 0 saturated heterocycles. The van der Waals surface area contributed by atoms with Crippen LogP contribution in [0, 0.1) is 5.92 Å². The van der Waals surface area contributed by atoms with Gasteiger partial charge in [-0.1, -0.05) is 13.8 Å². The van der Waals surface area contributed by atoms with Crippen LogP contribution in [0.2, 0.25) is 0 Å². The SMILES string of the molecule is CC(C)CC(O)CNC(=O)c1cn2cccnc2n1. The lowest BCUT2D eigenvalue weighted by Crippen LogP contribution is -2.32. The fourth-order valence-electron chi connectivity index (χ4n) is 1.87. The number of aromatic nitrogens is 3. The molecule has 6 heteroatoms. The third kappa shape index (κ3) is 3.51. The zero-order valence-corrected chi connectivity index (χ0v) is 11.1. The van der Waals surface area contributed by atoms with Crippen LogP contribution in [0.1, 0.15) is 30.8 Å². The summed E-state index contributed by atoms with van der Waals surface area (Å²) in [5.74, 6) is 0.579. The van der Waals surface area contributed by atoms with Gasteiger partial charge in [0.15, 0.2) is 0 Å². The average molecular weight is 262 g/mol. The molecule has 0 saturated carbocycles. The number of imidazole rings is 1. The number of rotatable bonds is 5. The molecule has 1 amide bonds. The fourth-order valence-corrected chi connectivity index (χ4v) is 1.87. The van der Waals surface area contributed by atoms with Gasteiger partial charge in [-0.15, -0.1) is 0 Å². The molecule has 0 fully saturated rings. The Labute approximate surface area is 111 Å². The second-order valence-corrected chi connectivity index (χ2v) is 4.95. The van der Waals surface area contributed by atoms with E-state index < -0.39 is 6.10 Å². The van der Waals surface area contributed by atoms with Crippen molar-refractivity contribution in [1.82, 2.24) is 19.7 Å². The summed E-state index contributed by atoms with van der Waals surface area (Å²) in [4.78, 5) is 20.0. The van der Waals surface area contributed by atoms with E-state index in [2.05, 4.69) is 15.3 Å². The van der Waals surface area contributed by atoms with Crippen molar-refractivity contribution in [3.8, 4) is 0 Å². The van der Waals surface area contributed by atoms with Crippen molar-refractivity contribution in [1.29, 1.82) is 0 Å². The third-order valence-electron chi connectivity index (χ3n) is 2.71. The maximum atomic E-state index is 11.9. The maximum absolute atomic E-state index is 11.9. The number of aliphatic hydroxyl groups is 1. The molecule has 2 aromatic heterocycles. The Hall–Kier alpha value is -1.95. The van der Waals surface area contributed by atoms with Gasteiger partial charge in [-0.05, 0) is 18.4 Å². The summed E-state index contributed by atoms with van der Waals surface area (Å²) in [6, 6.07) is 1.77. The molecule has 19 heavy (non-hydrogen) atoms. The third-order valence-corrected chi connectivity index (χ3v) is 2.71. The zero-order chi connectivity index (χ0) is 13.8.